The number of nitrogens with one attached hydrogen (secondary N) is 1. The maximum Gasteiger partial charge on any atom is 0.420 e. The van der Waals surface area contributed by atoms with Gasteiger partial charge in [-0.05, 0) is 32.2 Å². The van der Waals surface area contributed by atoms with E-state index < -0.39 is 17.8 Å². The molecule has 0 fully saturated rings. The number of halogens is 3. The standard InChI is InChI=1S/C12H13F3N2O/c1-8(7-17-2)18-11-4-3-9(6-16)5-10(11)12(13,14)15/h3-5,8,17H,7H2,1-2H3. The summed E-state index contributed by atoms with van der Waals surface area (Å²) in [4.78, 5) is 0. The van der Waals surface area contributed by atoms with Crippen molar-refractivity contribution in [3.8, 4) is 11.8 Å². The van der Waals surface area contributed by atoms with Gasteiger partial charge in [-0.2, -0.15) is 18.4 Å². The van der Waals surface area contributed by atoms with Crippen LogP contribution < -0.4 is 10.1 Å². The molecule has 18 heavy (non-hydrogen) atoms. The lowest BCUT2D eigenvalue weighted by atomic mass is 10.1. The van der Waals surface area contributed by atoms with Crippen LogP contribution in [0.1, 0.15) is 18.1 Å². The third kappa shape index (κ3) is 3.64. The summed E-state index contributed by atoms with van der Waals surface area (Å²) in [6, 6.07) is 4.95. The molecule has 0 radical (unpaired) electrons. The summed E-state index contributed by atoms with van der Waals surface area (Å²) in [5.74, 6) is -0.260. The van der Waals surface area contributed by atoms with E-state index in [-0.39, 0.29) is 11.3 Å². The van der Waals surface area contributed by atoms with E-state index in [0.29, 0.717) is 6.54 Å². The fourth-order valence-corrected chi connectivity index (χ4v) is 1.47. The molecule has 0 saturated heterocycles. The molecule has 1 N–H and O–H groups in total. The van der Waals surface area contributed by atoms with Gasteiger partial charge in [0, 0.05) is 6.54 Å². The molecule has 1 aromatic carbocycles. The third-order valence-corrected chi connectivity index (χ3v) is 2.23. The molecular weight excluding hydrogens is 245 g/mol. The minimum absolute atomic E-state index is 0.0454. The predicted molar refractivity (Wildman–Crippen MR) is 60.2 cm³/mol. The molecule has 0 aliphatic rings. The minimum Gasteiger partial charge on any atom is -0.489 e. The Morgan fingerprint density at radius 3 is 2.61 bits per heavy atom. The van der Waals surface area contributed by atoms with Gasteiger partial charge < -0.3 is 10.1 Å². The first-order valence-electron chi connectivity index (χ1n) is 5.31. The zero-order valence-electron chi connectivity index (χ0n) is 10.0. The Morgan fingerprint density at radius 2 is 2.11 bits per heavy atom. The molecule has 1 atom stereocenters. The normalized spacial score (nSPS) is 12.9. The van der Waals surface area contributed by atoms with Crippen LogP contribution in [0.25, 0.3) is 0 Å². The molecule has 0 aliphatic heterocycles. The highest BCUT2D eigenvalue weighted by Crippen LogP contribution is 2.37. The van der Waals surface area contributed by atoms with E-state index in [2.05, 4.69) is 5.32 Å². The Bertz CT molecular complexity index is 452. The number of nitriles is 1. The van der Waals surface area contributed by atoms with E-state index in [1.54, 1.807) is 20.0 Å². The summed E-state index contributed by atoms with van der Waals surface area (Å²) in [6.07, 6.45) is -4.94. The molecule has 1 rings (SSSR count). The summed E-state index contributed by atoms with van der Waals surface area (Å²) in [5, 5.41) is 11.4. The fourth-order valence-electron chi connectivity index (χ4n) is 1.47. The summed E-state index contributed by atoms with van der Waals surface area (Å²) < 4.78 is 43.6. The van der Waals surface area contributed by atoms with Gasteiger partial charge in [0.25, 0.3) is 0 Å². The van der Waals surface area contributed by atoms with E-state index in [1.807, 2.05) is 0 Å². The monoisotopic (exact) mass is 258 g/mol. The van der Waals surface area contributed by atoms with E-state index in [9.17, 15) is 13.2 Å². The highest BCUT2D eigenvalue weighted by Gasteiger charge is 2.35. The first-order chi connectivity index (χ1) is 8.38. The lowest BCUT2D eigenvalue weighted by Gasteiger charge is -2.18. The molecule has 0 bridgehead atoms. The Labute approximate surface area is 103 Å². The maximum atomic E-state index is 12.8. The van der Waals surface area contributed by atoms with Crippen molar-refractivity contribution in [2.45, 2.75) is 19.2 Å². The van der Waals surface area contributed by atoms with Crippen LogP contribution in [0.15, 0.2) is 18.2 Å². The zero-order chi connectivity index (χ0) is 13.8. The van der Waals surface area contributed by atoms with Gasteiger partial charge in [0.05, 0.1) is 17.2 Å². The maximum absolute atomic E-state index is 12.8. The molecule has 1 aromatic rings. The van der Waals surface area contributed by atoms with Crippen molar-refractivity contribution in [2.24, 2.45) is 0 Å². The van der Waals surface area contributed by atoms with Crippen molar-refractivity contribution in [3.05, 3.63) is 29.3 Å². The molecular formula is C12H13F3N2O. The van der Waals surface area contributed by atoms with Gasteiger partial charge in [0.2, 0.25) is 0 Å². The van der Waals surface area contributed by atoms with Crippen LogP contribution in [0.4, 0.5) is 13.2 Å². The largest absolute Gasteiger partial charge is 0.489 e. The number of alkyl halides is 3. The molecule has 3 nitrogen and oxygen atoms in total. The van der Waals surface area contributed by atoms with Gasteiger partial charge >= 0.3 is 6.18 Å². The Morgan fingerprint density at radius 1 is 1.44 bits per heavy atom. The van der Waals surface area contributed by atoms with Crippen molar-refractivity contribution >= 4 is 0 Å². The number of nitrogens with zero attached hydrogens (tertiary/aromatic N) is 1. The van der Waals surface area contributed by atoms with E-state index >= 15 is 0 Å². The minimum atomic E-state index is -4.54. The number of rotatable bonds is 4. The van der Waals surface area contributed by atoms with Crippen molar-refractivity contribution in [2.75, 3.05) is 13.6 Å². The SMILES string of the molecule is CNCC(C)Oc1ccc(C#N)cc1C(F)(F)F. The van der Waals surface area contributed by atoms with Gasteiger partial charge in [-0.3, -0.25) is 0 Å². The van der Waals surface area contributed by atoms with Crippen LogP contribution in [0.2, 0.25) is 0 Å². The van der Waals surface area contributed by atoms with E-state index in [0.717, 1.165) is 6.07 Å². The topological polar surface area (TPSA) is 45.0 Å². The molecule has 0 aromatic heterocycles. The number of benzene rings is 1. The highest BCUT2D eigenvalue weighted by atomic mass is 19.4. The van der Waals surface area contributed by atoms with Crippen molar-refractivity contribution < 1.29 is 17.9 Å². The van der Waals surface area contributed by atoms with Gasteiger partial charge in [0.15, 0.2) is 0 Å². The van der Waals surface area contributed by atoms with E-state index in [1.165, 1.54) is 12.1 Å². The molecule has 6 heteroatoms. The second kappa shape index (κ2) is 5.74. The molecule has 0 amide bonds. The number of likely N-dealkylation sites (N-methyl/N-ethyl adjacent to an activating group) is 1. The smallest absolute Gasteiger partial charge is 0.420 e. The summed E-state index contributed by atoms with van der Waals surface area (Å²) in [5.41, 5.74) is -0.972. The first-order valence-corrected chi connectivity index (χ1v) is 5.31. The van der Waals surface area contributed by atoms with Gasteiger partial charge in [0.1, 0.15) is 11.9 Å². The molecule has 0 aliphatic carbocycles. The molecule has 98 valence electrons. The van der Waals surface area contributed by atoms with Crippen LogP contribution in [0, 0.1) is 11.3 Å². The summed E-state index contributed by atoms with van der Waals surface area (Å²) in [7, 11) is 1.68. The quantitative estimate of drug-likeness (QED) is 0.902. The average molecular weight is 258 g/mol. The average Bonchev–Trinajstić information content (AvgIpc) is 2.28. The fraction of sp³-hybridized carbons (Fsp3) is 0.417. The Hall–Kier alpha value is -1.74. The zero-order valence-corrected chi connectivity index (χ0v) is 10.0. The van der Waals surface area contributed by atoms with Gasteiger partial charge in [-0.25, -0.2) is 0 Å². The number of ether oxygens (including phenoxy) is 1. The summed E-state index contributed by atoms with van der Waals surface area (Å²) >= 11 is 0. The third-order valence-electron chi connectivity index (χ3n) is 2.23. The summed E-state index contributed by atoms with van der Waals surface area (Å²) in [6.45, 7) is 2.09. The van der Waals surface area contributed by atoms with Crippen molar-refractivity contribution in [1.82, 2.24) is 5.32 Å². The second-order valence-electron chi connectivity index (χ2n) is 3.81. The van der Waals surface area contributed by atoms with Gasteiger partial charge in [-0.15, -0.1) is 0 Å². The van der Waals surface area contributed by atoms with Crippen LogP contribution in [0.3, 0.4) is 0 Å². The van der Waals surface area contributed by atoms with E-state index in [4.69, 9.17) is 10.00 Å². The Balaban J connectivity index is 3.08. The van der Waals surface area contributed by atoms with Crippen LogP contribution in [-0.4, -0.2) is 19.7 Å². The predicted octanol–water partition coefficient (Wildman–Crippen LogP) is 2.56. The first kappa shape index (κ1) is 14.3. The number of hydrogen-bond donors (Lipinski definition) is 1. The van der Waals surface area contributed by atoms with Crippen molar-refractivity contribution in [3.63, 3.8) is 0 Å². The van der Waals surface area contributed by atoms with Gasteiger partial charge in [-0.1, -0.05) is 0 Å². The molecule has 1 unspecified atom stereocenters. The molecule has 0 saturated carbocycles. The lowest BCUT2D eigenvalue weighted by Crippen LogP contribution is -2.27. The Kier molecular flexibility index (Phi) is 4.56. The lowest BCUT2D eigenvalue weighted by molar-refractivity contribution is -0.139. The van der Waals surface area contributed by atoms with Crippen LogP contribution in [0.5, 0.6) is 5.75 Å². The van der Waals surface area contributed by atoms with Crippen LogP contribution in [-0.2, 0) is 6.18 Å². The highest BCUT2D eigenvalue weighted by molar-refractivity contribution is 5.43. The number of hydrogen-bond acceptors (Lipinski definition) is 3. The second-order valence-corrected chi connectivity index (χ2v) is 3.81. The van der Waals surface area contributed by atoms with Crippen molar-refractivity contribution in [1.29, 1.82) is 5.26 Å². The molecule has 0 spiro atoms. The molecule has 0 heterocycles. The van der Waals surface area contributed by atoms with Crippen LogP contribution >= 0.6 is 0 Å².